The summed E-state index contributed by atoms with van der Waals surface area (Å²) in [5.41, 5.74) is 1.42. The maximum Gasteiger partial charge on any atom is 0.408 e. The number of hydrogen-bond acceptors (Lipinski definition) is 5. The highest BCUT2D eigenvalue weighted by Crippen LogP contribution is 2.23. The second kappa shape index (κ2) is 11.1. The summed E-state index contributed by atoms with van der Waals surface area (Å²) in [6.07, 6.45) is 1.12. The van der Waals surface area contributed by atoms with Gasteiger partial charge in [-0.15, -0.1) is 0 Å². The van der Waals surface area contributed by atoms with Crippen LogP contribution in [0.3, 0.4) is 0 Å². The highest BCUT2D eigenvalue weighted by Gasteiger charge is 2.32. The summed E-state index contributed by atoms with van der Waals surface area (Å²) in [7, 11) is 0. The van der Waals surface area contributed by atoms with E-state index in [9.17, 15) is 19.2 Å². The highest BCUT2D eigenvalue weighted by atomic mass is 16.5. The van der Waals surface area contributed by atoms with Crippen molar-refractivity contribution in [2.24, 2.45) is 5.92 Å². The van der Waals surface area contributed by atoms with Gasteiger partial charge >= 0.3 is 6.09 Å². The van der Waals surface area contributed by atoms with Crippen LogP contribution in [0.4, 0.5) is 4.79 Å². The summed E-state index contributed by atoms with van der Waals surface area (Å²) < 4.78 is 5.26. The minimum Gasteiger partial charge on any atom is -0.445 e. The van der Waals surface area contributed by atoms with Crippen LogP contribution in [0.1, 0.15) is 42.9 Å². The molecule has 0 aliphatic carbocycles. The first-order valence-corrected chi connectivity index (χ1v) is 10.4. The summed E-state index contributed by atoms with van der Waals surface area (Å²) >= 11 is 0. The Morgan fingerprint density at radius 1 is 1.00 bits per heavy atom. The topological polar surface area (TPSA) is 102 Å². The Bertz CT molecular complexity index is 914. The fourth-order valence-electron chi connectivity index (χ4n) is 3.55. The van der Waals surface area contributed by atoms with E-state index < -0.39 is 29.7 Å². The maximum absolute atomic E-state index is 13.1. The standard InChI is InChI=1S/C24H26N2O5/c27-20(15-19-13-7-8-14-25-23(29)22(19)28)21(18-11-5-2-6-12-18)26-24(30)31-16-17-9-3-1-4-10-17/h1-6,9-12,19,21H,7-8,13-16H2,(H,25,29)(H,26,30). The molecule has 162 valence electrons. The van der Waals surface area contributed by atoms with Crippen molar-refractivity contribution in [2.45, 2.75) is 38.3 Å². The van der Waals surface area contributed by atoms with Gasteiger partial charge in [0, 0.05) is 18.9 Å². The van der Waals surface area contributed by atoms with Crippen molar-refractivity contribution in [2.75, 3.05) is 6.54 Å². The van der Waals surface area contributed by atoms with E-state index in [1.807, 2.05) is 30.3 Å². The molecule has 2 unspecified atom stereocenters. The lowest BCUT2D eigenvalue weighted by molar-refractivity contribution is -0.141. The third-order valence-electron chi connectivity index (χ3n) is 5.24. The van der Waals surface area contributed by atoms with Crippen LogP contribution in [0.25, 0.3) is 0 Å². The van der Waals surface area contributed by atoms with Gasteiger partial charge in [-0.05, 0) is 24.0 Å². The Balaban J connectivity index is 1.69. The molecule has 7 nitrogen and oxygen atoms in total. The van der Waals surface area contributed by atoms with Gasteiger partial charge in [-0.1, -0.05) is 67.1 Å². The van der Waals surface area contributed by atoms with Crippen LogP contribution in [0.5, 0.6) is 0 Å². The molecule has 2 aromatic rings. The molecule has 2 atom stereocenters. The molecule has 0 radical (unpaired) electrons. The predicted octanol–water partition coefficient (Wildman–Crippen LogP) is 3.10. The molecular formula is C24H26N2O5. The van der Waals surface area contributed by atoms with Gasteiger partial charge in [-0.3, -0.25) is 14.4 Å². The monoisotopic (exact) mass is 422 g/mol. The summed E-state index contributed by atoms with van der Waals surface area (Å²) in [6.45, 7) is 0.538. The van der Waals surface area contributed by atoms with Gasteiger partial charge in [0.1, 0.15) is 12.6 Å². The van der Waals surface area contributed by atoms with E-state index in [1.54, 1.807) is 30.3 Å². The Hall–Kier alpha value is -3.48. The first-order chi connectivity index (χ1) is 15.0. The lowest BCUT2D eigenvalue weighted by atomic mass is 9.87. The van der Waals surface area contributed by atoms with Crippen molar-refractivity contribution >= 4 is 23.6 Å². The van der Waals surface area contributed by atoms with Crippen LogP contribution < -0.4 is 10.6 Å². The second-order valence-corrected chi connectivity index (χ2v) is 7.53. The predicted molar refractivity (Wildman–Crippen MR) is 114 cm³/mol. The van der Waals surface area contributed by atoms with Crippen molar-refractivity contribution in [3.05, 3.63) is 71.8 Å². The molecule has 7 heteroatoms. The first kappa shape index (κ1) is 22.2. The van der Waals surface area contributed by atoms with Crippen molar-refractivity contribution in [1.29, 1.82) is 0 Å². The summed E-state index contributed by atoms with van der Waals surface area (Å²) in [4.78, 5) is 49.8. The van der Waals surface area contributed by atoms with E-state index in [0.717, 1.165) is 18.4 Å². The minimum absolute atomic E-state index is 0.0731. The van der Waals surface area contributed by atoms with Crippen molar-refractivity contribution < 1.29 is 23.9 Å². The van der Waals surface area contributed by atoms with Crippen molar-refractivity contribution in [3.8, 4) is 0 Å². The fraction of sp³-hybridized carbons (Fsp3) is 0.333. The summed E-state index contributed by atoms with van der Waals surface area (Å²) in [5, 5.41) is 5.20. The van der Waals surface area contributed by atoms with Gasteiger partial charge in [-0.25, -0.2) is 4.79 Å². The average molecular weight is 422 g/mol. The highest BCUT2D eigenvalue weighted by molar-refractivity contribution is 6.37. The molecule has 1 fully saturated rings. The number of amides is 2. The van der Waals surface area contributed by atoms with Gasteiger partial charge in [0.15, 0.2) is 5.78 Å². The molecule has 1 aliphatic heterocycles. The zero-order chi connectivity index (χ0) is 22.1. The van der Waals surface area contributed by atoms with E-state index >= 15 is 0 Å². The van der Waals surface area contributed by atoms with Gasteiger partial charge in [0.05, 0.1) is 0 Å². The molecule has 1 heterocycles. The molecule has 1 saturated heterocycles. The zero-order valence-electron chi connectivity index (χ0n) is 17.2. The number of Topliss-reactive ketones (excluding diaryl/α,β-unsaturated/α-hetero) is 2. The van der Waals surface area contributed by atoms with Crippen LogP contribution in [-0.4, -0.2) is 30.1 Å². The molecule has 3 rings (SSSR count). The Labute approximate surface area is 181 Å². The van der Waals surface area contributed by atoms with Gasteiger partial charge in [0.25, 0.3) is 5.91 Å². The van der Waals surface area contributed by atoms with E-state index in [-0.39, 0.29) is 18.8 Å². The van der Waals surface area contributed by atoms with Crippen molar-refractivity contribution in [3.63, 3.8) is 0 Å². The smallest absolute Gasteiger partial charge is 0.408 e. The molecule has 2 N–H and O–H groups in total. The number of carbonyl (C=O) groups is 4. The molecular weight excluding hydrogens is 396 g/mol. The molecule has 2 aromatic carbocycles. The number of ether oxygens (including phenoxy) is 1. The normalized spacial score (nSPS) is 17.6. The molecule has 31 heavy (non-hydrogen) atoms. The third-order valence-corrected chi connectivity index (χ3v) is 5.24. The second-order valence-electron chi connectivity index (χ2n) is 7.53. The number of hydrogen-bond donors (Lipinski definition) is 2. The number of rotatable bonds is 7. The van der Waals surface area contributed by atoms with Crippen LogP contribution in [-0.2, 0) is 25.7 Å². The van der Waals surface area contributed by atoms with E-state index in [2.05, 4.69) is 10.6 Å². The molecule has 0 spiro atoms. The largest absolute Gasteiger partial charge is 0.445 e. The Kier molecular flexibility index (Phi) is 7.92. The third kappa shape index (κ3) is 6.50. The fourth-order valence-corrected chi connectivity index (χ4v) is 3.55. The van der Waals surface area contributed by atoms with Crippen molar-refractivity contribution in [1.82, 2.24) is 10.6 Å². The molecule has 0 bridgehead atoms. The van der Waals surface area contributed by atoms with Gasteiger partial charge in [-0.2, -0.15) is 0 Å². The van der Waals surface area contributed by atoms with Gasteiger partial charge in [0.2, 0.25) is 5.78 Å². The van der Waals surface area contributed by atoms with Crippen LogP contribution in [0.15, 0.2) is 60.7 Å². The number of nitrogens with one attached hydrogen (secondary N) is 2. The van der Waals surface area contributed by atoms with Gasteiger partial charge < -0.3 is 15.4 Å². The molecule has 2 amide bonds. The number of alkyl carbamates (subject to hydrolysis) is 1. The van der Waals surface area contributed by atoms with Crippen LogP contribution in [0, 0.1) is 5.92 Å². The first-order valence-electron chi connectivity index (χ1n) is 10.4. The summed E-state index contributed by atoms with van der Waals surface area (Å²) in [6, 6.07) is 17.0. The van der Waals surface area contributed by atoms with Crippen LogP contribution in [0.2, 0.25) is 0 Å². The number of benzene rings is 2. The minimum atomic E-state index is -0.967. The average Bonchev–Trinajstić information content (AvgIpc) is 2.80. The lowest BCUT2D eigenvalue weighted by Crippen LogP contribution is -2.40. The number of carbonyl (C=O) groups excluding carboxylic acids is 4. The Morgan fingerprint density at radius 2 is 1.68 bits per heavy atom. The zero-order valence-corrected chi connectivity index (χ0v) is 17.2. The SMILES string of the molecule is O=C(NC(C(=O)CC1CCCCNC(=O)C1=O)c1ccccc1)OCc1ccccc1. The maximum atomic E-state index is 13.1. The quantitative estimate of drug-likeness (QED) is 0.668. The molecule has 0 saturated carbocycles. The van der Waals surface area contributed by atoms with Crippen LogP contribution >= 0.6 is 0 Å². The molecule has 0 aromatic heterocycles. The molecule has 1 aliphatic rings. The number of ketones is 2. The summed E-state index contributed by atoms with van der Waals surface area (Å²) in [5.74, 6) is -2.26. The Morgan fingerprint density at radius 3 is 2.39 bits per heavy atom. The van der Waals surface area contributed by atoms with E-state index in [4.69, 9.17) is 4.74 Å². The van der Waals surface area contributed by atoms with E-state index in [1.165, 1.54) is 0 Å². The van der Waals surface area contributed by atoms with E-state index in [0.29, 0.717) is 18.5 Å². The lowest BCUT2D eigenvalue weighted by Gasteiger charge is -2.22.